The number of sulfonamides is 1. The second-order valence-electron chi connectivity index (χ2n) is 9.39. The summed E-state index contributed by atoms with van der Waals surface area (Å²) in [5.41, 5.74) is 0.139. The van der Waals surface area contributed by atoms with Crippen LogP contribution in [0.1, 0.15) is 51.8 Å². The molecule has 4 rings (SSSR count). The van der Waals surface area contributed by atoms with Crippen LogP contribution in [0.4, 0.5) is 4.79 Å². The van der Waals surface area contributed by atoms with E-state index in [1.165, 1.54) is 0 Å². The first-order valence-corrected chi connectivity index (χ1v) is 12.7. The first-order valence-electron chi connectivity index (χ1n) is 11.3. The number of pyridine rings is 1. The van der Waals surface area contributed by atoms with Crippen LogP contribution in [0.15, 0.2) is 35.4 Å². The molecule has 9 heteroatoms. The smallest absolute Gasteiger partial charge is 0.410 e. The van der Waals surface area contributed by atoms with Crippen LogP contribution in [0.25, 0.3) is 10.8 Å². The number of nitrogens with one attached hydrogen (secondary N) is 1. The summed E-state index contributed by atoms with van der Waals surface area (Å²) in [7, 11) is -3.65. The Morgan fingerprint density at radius 3 is 2.69 bits per heavy atom. The van der Waals surface area contributed by atoms with Gasteiger partial charge in [-0.05, 0) is 58.7 Å². The number of likely N-dealkylation sites (tertiary alicyclic amines) is 1. The molecular formula is C23H32N4O4S. The average molecular weight is 461 g/mol. The van der Waals surface area contributed by atoms with Gasteiger partial charge in [0.25, 0.3) is 0 Å². The largest absolute Gasteiger partial charge is 0.444 e. The van der Waals surface area contributed by atoms with Gasteiger partial charge in [-0.1, -0.05) is 12.1 Å². The Morgan fingerprint density at radius 1 is 1.09 bits per heavy atom. The highest BCUT2D eigenvalue weighted by molar-refractivity contribution is 7.89. The topological polar surface area (TPSA) is 91.8 Å². The first-order chi connectivity index (χ1) is 15.2. The SMILES string of the molecule is CC(C)(C)OC(=O)N1CCCC1c1nccc2c(S(=O)(=O)N3CCCNCC3)cccc12. The average Bonchev–Trinajstić information content (AvgIpc) is 3.05. The van der Waals surface area contributed by atoms with Gasteiger partial charge in [-0.15, -0.1) is 0 Å². The minimum atomic E-state index is -3.65. The van der Waals surface area contributed by atoms with Gasteiger partial charge in [0.15, 0.2) is 0 Å². The zero-order valence-electron chi connectivity index (χ0n) is 19.0. The molecule has 0 aliphatic carbocycles. The lowest BCUT2D eigenvalue weighted by atomic mass is 10.0. The van der Waals surface area contributed by atoms with E-state index in [0.29, 0.717) is 36.5 Å². The molecule has 0 saturated carbocycles. The van der Waals surface area contributed by atoms with Gasteiger partial charge in [0, 0.05) is 43.1 Å². The summed E-state index contributed by atoms with van der Waals surface area (Å²) in [6, 6.07) is 6.85. The Labute approximate surface area is 190 Å². The summed E-state index contributed by atoms with van der Waals surface area (Å²) in [4.78, 5) is 19.4. The molecule has 2 saturated heterocycles. The number of nitrogens with zero attached hydrogens (tertiary/aromatic N) is 3. The van der Waals surface area contributed by atoms with Crippen LogP contribution in [0.3, 0.4) is 0 Å². The Bertz CT molecular complexity index is 1090. The quantitative estimate of drug-likeness (QED) is 0.756. The predicted molar refractivity (Wildman–Crippen MR) is 123 cm³/mol. The van der Waals surface area contributed by atoms with Gasteiger partial charge in [-0.3, -0.25) is 9.88 Å². The van der Waals surface area contributed by atoms with E-state index in [0.717, 1.165) is 36.9 Å². The van der Waals surface area contributed by atoms with Gasteiger partial charge in [0.05, 0.1) is 16.6 Å². The Morgan fingerprint density at radius 2 is 1.91 bits per heavy atom. The minimum absolute atomic E-state index is 0.242. The van der Waals surface area contributed by atoms with Crippen molar-refractivity contribution in [1.82, 2.24) is 19.5 Å². The summed E-state index contributed by atoms with van der Waals surface area (Å²) >= 11 is 0. The van der Waals surface area contributed by atoms with E-state index < -0.39 is 15.6 Å². The summed E-state index contributed by atoms with van der Waals surface area (Å²) in [6.45, 7) is 8.55. The van der Waals surface area contributed by atoms with Crippen molar-refractivity contribution in [2.24, 2.45) is 0 Å². The van der Waals surface area contributed by atoms with Gasteiger partial charge >= 0.3 is 6.09 Å². The van der Waals surface area contributed by atoms with Crippen molar-refractivity contribution in [3.63, 3.8) is 0 Å². The third-order valence-electron chi connectivity index (χ3n) is 5.91. The summed E-state index contributed by atoms with van der Waals surface area (Å²) in [5.74, 6) is 0. The van der Waals surface area contributed by atoms with Crippen molar-refractivity contribution in [2.45, 2.75) is 56.6 Å². The van der Waals surface area contributed by atoms with Gasteiger partial charge in [-0.25, -0.2) is 13.2 Å². The molecule has 0 bridgehead atoms. The zero-order valence-corrected chi connectivity index (χ0v) is 19.8. The molecule has 3 heterocycles. The third-order valence-corrected chi connectivity index (χ3v) is 7.87. The van der Waals surface area contributed by atoms with Gasteiger partial charge in [-0.2, -0.15) is 4.31 Å². The molecule has 8 nitrogen and oxygen atoms in total. The predicted octanol–water partition coefficient (Wildman–Crippen LogP) is 3.29. The van der Waals surface area contributed by atoms with E-state index in [2.05, 4.69) is 10.3 Å². The highest BCUT2D eigenvalue weighted by atomic mass is 32.2. The molecule has 2 fully saturated rings. The standard InChI is InChI=1S/C23H32N4O4S/c1-23(2,3)31-22(28)27-15-5-8-19(27)21-18-7-4-9-20(17(18)10-12-25-21)32(29,30)26-14-6-11-24-13-16-26/h4,7,9-10,12,19,24H,5-6,8,11,13-16H2,1-3H3. The molecule has 1 aromatic heterocycles. The molecule has 2 aromatic rings. The van der Waals surface area contributed by atoms with Crippen molar-refractivity contribution in [2.75, 3.05) is 32.7 Å². The number of rotatable bonds is 3. The number of fused-ring (bicyclic) bond motifs is 1. The number of amides is 1. The molecule has 1 amide bonds. The number of hydrogen-bond donors (Lipinski definition) is 1. The van der Waals surface area contributed by atoms with E-state index >= 15 is 0 Å². The number of aromatic nitrogens is 1. The molecule has 1 aromatic carbocycles. The Hall–Kier alpha value is -2.23. The summed E-state index contributed by atoms with van der Waals surface area (Å²) in [5, 5.41) is 4.66. The maximum Gasteiger partial charge on any atom is 0.410 e. The van der Waals surface area contributed by atoms with Gasteiger partial charge in [0.2, 0.25) is 10.0 Å². The first kappa shape index (κ1) is 22.9. The van der Waals surface area contributed by atoms with E-state index in [-0.39, 0.29) is 12.1 Å². The molecule has 0 radical (unpaired) electrons. The Kier molecular flexibility index (Phi) is 6.42. The fourth-order valence-corrected chi connectivity index (χ4v) is 6.17. The minimum Gasteiger partial charge on any atom is -0.444 e. The maximum absolute atomic E-state index is 13.5. The van der Waals surface area contributed by atoms with Crippen LogP contribution in [-0.2, 0) is 14.8 Å². The molecule has 0 spiro atoms. The zero-order chi connectivity index (χ0) is 22.9. The van der Waals surface area contributed by atoms with Crippen molar-refractivity contribution in [3.05, 3.63) is 36.2 Å². The Balaban J connectivity index is 1.73. The van der Waals surface area contributed by atoms with Crippen LogP contribution in [0.5, 0.6) is 0 Å². The fourth-order valence-electron chi connectivity index (χ4n) is 4.48. The van der Waals surface area contributed by atoms with Crippen LogP contribution in [0, 0.1) is 0 Å². The molecule has 1 N–H and O–H groups in total. The van der Waals surface area contributed by atoms with Crippen LogP contribution < -0.4 is 5.32 Å². The normalized spacial score (nSPS) is 21.0. The van der Waals surface area contributed by atoms with Gasteiger partial charge in [0.1, 0.15) is 5.60 Å². The summed E-state index contributed by atoms with van der Waals surface area (Å²) in [6.07, 6.45) is 3.68. The van der Waals surface area contributed by atoms with Crippen molar-refractivity contribution in [3.8, 4) is 0 Å². The second kappa shape index (κ2) is 8.96. The maximum atomic E-state index is 13.5. The lowest BCUT2D eigenvalue weighted by Crippen LogP contribution is -2.36. The molecule has 1 atom stereocenters. The van der Waals surface area contributed by atoms with Crippen LogP contribution in [-0.4, -0.2) is 67.0 Å². The molecule has 174 valence electrons. The third kappa shape index (κ3) is 4.60. The number of hydrogen-bond acceptors (Lipinski definition) is 6. The van der Waals surface area contributed by atoms with Crippen molar-refractivity contribution < 1.29 is 17.9 Å². The molecule has 2 aliphatic heterocycles. The van der Waals surface area contributed by atoms with E-state index in [4.69, 9.17) is 4.74 Å². The number of carbonyl (C=O) groups excluding carboxylic acids is 1. The van der Waals surface area contributed by atoms with E-state index in [1.54, 1.807) is 33.6 Å². The lowest BCUT2D eigenvalue weighted by Gasteiger charge is -2.29. The van der Waals surface area contributed by atoms with Crippen molar-refractivity contribution >= 4 is 26.9 Å². The monoisotopic (exact) mass is 460 g/mol. The summed E-state index contributed by atoms with van der Waals surface area (Å²) < 4.78 is 34.2. The second-order valence-corrected chi connectivity index (χ2v) is 11.3. The molecule has 2 aliphatic rings. The molecular weight excluding hydrogens is 428 g/mol. The number of carbonyl (C=O) groups is 1. The van der Waals surface area contributed by atoms with E-state index in [9.17, 15) is 13.2 Å². The molecule has 1 unspecified atom stereocenters. The van der Waals surface area contributed by atoms with Crippen LogP contribution >= 0.6 is 0 Å². The molecule has 32 heavy (non-hydrogen) atoms. The fraction of sp³-hybridized carbons (Fsp3) is 0.565. The highest BCUT2D eigenvalue weighted by Crippen LogP contribution is 2.37. The van der Waals surface area contributed by atoms with Crippen molar-refractivity contribution in [1.29, 1.82) is 0 Å². The van der Waals surface area contributed by atoms with Gasteiger partial charge < -0.3 is 10.1 Å². The highest BCUT2D eigenvalue weighted by Gasteiger charge is 2.35. The lowest BCUT2D eigenvalue weighted by molar-refractivity contribution is 0.0222. The number of ether oxygens (including phenoxy) is 1. The van der Waals surface area contributed by atoms with E-state index in [1.807, 2.05) is 26.8 Å². The number of benzene rings is 1. The van der Waals surface area contributed by atoms with Crippen LogP contribution in [0.2, 0.25) is 0 Å².